The molecule has 0 spiro atoms. The zero-order valence-electron chi connectivity index (χ0n) is 6.53. The largest absolute Gasteiger partial charge is 0.505 e. The summed E-state index contributed by atoms with van der Waals surface area (Å²) in [7, 11) is 0.934. The molecule has 1 rings (SSSR count). The highest BCUT2D eigenvalue weighted by Crippen LogP contribution is 2.33. The van der Waals surface area contributed by atoms with Gasteiger partial charge in [-0.25, -0.2) is 8.42 Å². The molecule has 0 saturated carbocycles. The SMILES string of the molecule is N#Cc1c(Cl)ccc(S(=O)(=O)Cl)c1O. The molecule has 1 aromatic carbocycles. The van der Waals surface area contributed by atoms with Gasteiger partial charge in [-0.1, -0.05) is 11.6 Å². The summed E-state index contributed by atoms with van der Waals surface area (Å²) >= 11 is 5.53. The zero-order chi connectivity index (χ0) is 10.9. The number of rotatable bonds is 1. The summed E-state index contributed by atoms with van der Waals surface area (Å²) in [5, 5.41) is 17.9. The number of hydrogen-bond acceptors (Lipinski definition) is 4. The molecule has 4 nitrogen and oxygen atoms in total. The molecule has 14 heavy (non-hydrogen) atoms. The van der Waals surface area contributed by atoms with Crippen LogP contribution in [0.15, 0.2) is 17.0 Å². The quantitative estimate of drug-likeness (QED) is 0.773. The molecule has 0 amide bonds. The zero-order valence-corrected chi connectivity index (χ0v) is 8.86. The second kappa shape index (κ2) is 3.65. The van der Waals surface area contributed by atoms with Gasteiger partial charge in [0.2, 0.25) is 0 Å². The molecule has 0 aromatic heterocycles. The van der Waals surface area contributed by atoms with Crippen molar-refractivity contribution < 1.29 is 13.5 Å². The molecular weight excluding hydrogens is 249 g/mol. The Hall–Kier alpha value is -0.960. The number of aromatic hydroxyl groups is 1. The molecular formula is C7H3Cl2NO3S. The molecule has 0 saturated heterocycles. The lowest BCUT2D eigenvalue weighted by molar-refractivity contribution is 0.458. The number of phenols is 1. The van der Waals surface area contributed by atoms with E-state index in [0.29, 0.717) is 0 Å². The average molecular weight is 252 g/mol. The normalized spacial score (nSPS) is 10.9. The molecule has 0 unspecified atom stereocenters. The van der Waals surface area contributed by atoms with Crippen LogP contribution < -0.4 is 0 Å². The van der Waals surface area contributed by atoms with Gasteiger partial charge < -0.3 is 5.11 Å². The Morgan fingerprint density at radius 1 is 1.43 bits per heavy atom. The molecule has 7 heteroatoms. The molecule has 1 N–H and O–H groups in total. The van der Waals surface area contributed by atoms with Gasteiger partial charge in [-0.3, -0.25) is 0 Å². The van der Waals surface area contributed by atoms with Crippen molar-refractivity contribution in [3.63, 3.8) is 0 Å². The van der Waals surface area contributed by atoms with E-state index in [9.17, 15) is 13.5 Å². The van der Waals surface area contributed by atoms with Gasteiger partial charge in [-0.15, -0.1) is 0 Å². The van der Waals surface area contributed by atoms with Crippen LogP contribution in [-0.2, 0) is 9.05 Å². The minimum absolute atomic E-state index is 0.0333. The number of phenolic OH excluding ortho intramolecular Hbond substituents is 1. The van der Waals surface area contributed by atoms with Crippen molar-refractivity contribution in [1.29, 1.82) is 5.26 Å². The molecule has 0 bridgehead atoms. The van der Waals surface area contributed by atoms with E-state index < -0.39 is 19.7 Å². The van der Waals surface area contributed by atoms with Gasteiger partial charge in [0.15, 0.2) is 5.75 Å². The van der Waals surface area contributed by atoms with Crippen molar-refractivity contribution in [1.82, 2.24) is 0 Å². The van der Waals surface area contributed by atoms with Crippen LogP contribution >= 0.6 is 22.3 Å². The molecule has 0 aliphatic rings. The molecule has 0 aliphatic heterocycles. The Bertz CT molecular complexity index is 518. The third kappa shape index (κ3) is 1.93. The van der Waals surface area contributed by atoms with Gasteiger partial charge in [0, 0.05) is 10.7 Å². The number of hydrogen-bond donors (Lipinski definition) is 1. The predicted octanol–water partition coefficient (Wildman–Crippen LogP) is 1.84. The van der Waals surface area contributed by atoms with Crippen LogP contribution in [0.1, 0.15) is 5.56 Å². The monoisotopic (exact) mass is 251 g/mol. The summed E-state index contributed by atoms with van der Waals surface area (Å²) in [6.45, 7) is 0. The van der Waals surface area contributed by atoms with Crippen molar-refractivity contribution in [3.8, 4) is 11.8 Å². The molecule has 0 radical (unpaired) electrons. The smallest absolute Gasteiger partial charge is 0.265 e. The second-order valence-electron chi connectivity index (χ2n) is 2.32. The van der Waals surface area contributed by atoms with Gasteiger partial charge in [-0.2, -0.15) is 5.26 Å². The third-order valence-electron chi connectivity index (χ3n) is 1.46. The van der Waals surface area contributed by atoms with Gasteiger partial charge in [0.05, 0.1) is 5.02 Å². The van der Waals surface area contributed by atoms with E-state index in [0.717, 1.165) is 6.07 Å². The lowest BCUT2D eigenvalue weighted by atomic mass is 10.2. The van der Waals surface area contributed by atoms with Crippen LogP contribution in [0.25, 0.3) is 0 Å². The van der Waals surface area contributed by atoms with Crippen molar-refractivity contribution >= 4 is 31.3 Å². The van der Waals surface area contributed by atoms with E-state index in [1.54, 1.807) is 6.07 Å². The Morgan fingerprint density at radius 3 is 2.43 bits per heavy atom. The highest BCUT2D eigenvalue weighted by Gasteiger charge is 2.20. The highest BCUT2D eigenvalue weighted by molar-refractivity contribution is 8.13. The molecule has 74 valence electrons. The van der Waals surface area contributed by atoms with Crippen molar-refractivity contribution in [2.45, 2.75) is 4.90 Å². The summed E-state index contributed by atoms with van der Waals surface area (Å²) in [5.74, 6) is -0.727. The average Bonchev–Trinajstić information content (AvgIpc) is 2.02. The summed E-state index contributed by atoms with van der Waals surface area (Å²) in [6, 6.07) is 3.78. The van der Waals surface area contributed by atoms with Crippen molar-refractivity contribution in [2.24, 2.45) is 0 Å². The Morgan fingerprint density at radius 2 is 2.00 bits per heavy atom. The summed E-state index contributed by atoms with van der Waals surface area (Å²) in [6.07, 6.45) is 0. The van der Waals surface area contributed by atoms with Crippen LogP contribution in [0.3, 0.4) is 0 Å². The number of benzene rings is 1. The van der Waals surface area contributed by atoms with Crippen LogP contribution in [0.5, 0.6) is 5.75 Å². The topological polar surface area (TPSA) is 78.2 Å². The van der Waals surface area contributed by atoms with Gasteiger partial charge in [-0.05, 0) is 12.1 Å². The van der Waals surface area contributed by atoms with Gasteiger partial charge in [0.1, 0.15) is 16.5 Å². The van der Waals surface area contributed by atoms with Crippen LogP contribution in [-0.4, -0.2) is 13.5 Å². The molecule has 0 aliphatic carbocycles. The first-order valence-electron chi connectivity index (χ1n) is 3.24. The number of halogens is 2. The number of nitriles is 1. The lowest BCUT2D eigenvalue weighted by Crippen LogP contribution is -1.93. The highest BCUT2D eigenvalue weighted by atomic mass is 35.7. The van der Waals surface area contributed by atoms with Crippen molar-refractivity contribution in [3.05, 3.63) is 22.7 Å². The standard InChI is InChI=1S/C7H3Cl2NO3S/c8-5-1-2-6(14(9,12)13)7(11)4(5)3-10/h1-2,11H. The fourth-order valence-electron chi connectivity index (χ4n) is 0.851. The maximum absolute atomic E-state index is 10.9. The van der Waals surface area contributed by atoms with Crippen LogP contribution in [0, 0.1) is 11.3 Å². The molecule has 0 heterocycles. The van der Waals surface area contributed by atoms with E-state index in [-0.39, 0.29) is 10.6 Å². The first kappa shape index (κ1) is 11.1. The molecule has 1 aromatic rings. The first-order chi connectivity index (χ1) is 6.38. The minimum atomic E-state index is -4.07. The Balaban J connectivity index is 3.62. The Kier molecular flexibility index (Phi) is 2.90. The van der Waals surface area contributed by atoms with Crippen LogP contribution in [0.2, 0.25) is 5.02 Å². The van der Waals surface area contributed by atoms with E-state index >= 15 is 0 Å². The van der Waals surface area contributed by atoms with E-state index in [1.807, 2.05) is 0 Å². The minimum Gasteiger partial charge on any atom is -0.505 e. The predicted molar refractivity (Wildman–Crippen MR) is 50.9 cm³/mol. The first-order valence-corrected chi connectivity index (χ1v) is 5.93. The summed E-state index contributed by atoms with van der Waals surface area (Å²) in [5.41, 5.74) is -0.312. The maximum Gasteiger partial charge on any atom is 0.265 e. The summed E-state index contributed by atoms with van der Waals surface area (Å²) in [4.78, 5) is -0.528. The van der Waals surface area contributed by atoms with Gasteiger partial charge >= 0.3 is 0 Å². The van der Waals surface area contributed by atoms with E-state index in [1.165, 1.54) is 6.07 Å². The van der Waals surface area contributed by atoms with Crippen molar-refractivity contribution in [2.75, 3.05) is 0 Å². The van der Waals surface area contributed by atoms with Gasteiger partial charge in [0.25, 0.3) is 9.05 Å². The Labute approximate surface area is 89.7 Å². The molecule has 0 fully saturated rings. The van der Waals surface area contributed by atoms with E-state index in [2.05, 4.69) is 0 Å². The summed E-state index contributed by atoms with van der Waals surface area (Å²) < 4.78 is 21.8. The lowest BCUT2D eigenvalue weighted by Gasteiger charge is -2.03. The molecule has 0 atom stereocenters. The number of nitrogens with zero attached hydrogens (tertiary/aromatic N) is 1. The third-order valence-corrected chi connectivity index (χ3v) is 3.13. The maximum atomic E-state index is 10.9. The fraction of sp³-hybridized carbons (Fsp3) is 0. The van der Waals surface area contributed by atoms with E-state index in [4.69, 9.17) is 27.5 Å². The fourth-order valence-corrected chi connectivity index (χ4v) is 1.98. The second-order valence-corrected chi connectivity index (χ2v) is 5.26. The van der Waals surface area contributed by atoms with Crippen LogP contribution in [0.4, 0.5) is 0 Å².